The molecule has 3 heterocycles. The fourth-order valence-electron chi connectivity index (χ4n) is 2.99. The summed E-state index contributed by atoms with van der Waals surface area (Å²) < 4.78 is 0. The lowest BCUT2D eigenvalue weighted by Gasteiger charge is -2.34. The van der Waals surface area contributed by atoms with Crippen molar-refractivity contribution in [1.82, 2.24) is 20.4 Å². The highest BCUT2D eigenvalue weighted by atomic mass is 32.1. The Bertz CT molecular complexity index is 633. The lowest BCUT2D eigenvalue weighted by atomic mass is 9.88. The summed E-state index contributed by atoms with van der Waals surface area (Å²) in [7, 11) is 3.73. The van der Waals surface area contributed by atoms with Gasteiger partial charge in [-0.1, -0.05) is 6.07 Å². The van der Waals surface area contributed by atoms with Gasteiger partial charge in [-0.25, -0.2) is 4.99 Å². The van der Waals surface area contributed by atoms with Crippen molar-refractivity contribution in [3.63, 3.8) is 0 Å². The molecule has 0 atom stereocenters. The highest BCUT2D eigenvalue weighted by Crippen LogP contribution is 2.30. The maximum atomic E-state index is 12.3. The van der Waals surface area contributed by atoms with Crippen LogP contribution in [-0.4, -0.2) is 66.8 Å². The van der Waals surface area contributed by atoms with Gasteiger partial charge >= 0.3 is 0 Å². The van der Waals surface area contributed by atoms with E-state index in [0.29, 0.717) is 45.0 Å². The van der Waals surface area contributed by atoms with Gasteiger partial charge in [-0.05, 0) is 24.3 Å². The van der Waals surface area contributed by atoms with Crippen LogP contribution in [0, 0.1) is 0 Å². The third-order valence-corrected chi connectivity index (χ3v) is 5.36. The Hall–Kier alpha value is -1.93. The van der Waals surface area contributed by atoms with Crippen molar-refractivity contribution in [3.05, 3.63) is 22.4 Å². The zero-order valence-corrected chi connectivity index (χ0v) is 14.9. The Morgan fingerprint density at radius 2 is 2.21 bits per heavy atom. The molecule has 0 radical (unpaired) electrons. The minimum absolute atomic E-state index is 0.0204. The molecule has 0 bridgehead atoms. The van der Waals surface area contributed by atoms with Crippen molar-refractivity contribution in [2.45, 2.75) is 24.9 Å². The molecule has 1 aromatic rings. The van der Waals surface area contributed by atoms with Gasteiger partial charge in [0.2, 0.25) is 11.9 Å². The predicted octanol–water partition coefficient (Wildman–Crippen LogP) is 0.246. The van der Waals surface area contributed by atoms with E-state index in [2.05, 4.69) is 20.5 Å². The molecule has 2 aliphatic heterocycles. The van der Waals surface area contributed by atoms with Gasteiger partial charge in [-0.2, -0.15) is 0 Å². The van der Waals surface area contributed by atoms with Crippen molar-refractivity contribution >= 4 is 29.1 Å². The van der Waals surface area contributed by atoms with Crippen LogP contribution in [0.4, 0.5) is 0 Å². The van der Waals surface area contributed by atoms with E-state index in [-0.39, 0.29) is 11.8 Å². The Morgan fingerprint density at radius 1 is 1.46 bits per heavy atom. The summed E-state index contributed by atoms with van der Waals surface area (Å²) >= 11 is 1.63. The topological polar surface area (TPSA) is 77.0 Å². The van der Waals surface area contributed by atoms with Gasteiger partial charge < -0.3 is 10.2 Å². The molecule has 0 aromatic carbocycles. The largest absolute Gasteiger partial charge is 0.350 e. The smallest absolute Gasteiger partial charge is 0.254 e. The molecular weight excluding hydrogens is 326 g/mol. The highest BCUT2D eigenvalue weighted by molar-refractivity contribution is 7.09. The Balaban J connectivity index is 1.48. The number of amides is 2. The average Bonchev–Trinajstić information content (AvgIpc) is 3.17. The van der Waals surface area contributed by atoms with E-state index >= 15 is 0 Å². The second-order valence-electron chi connectivity index (χ2n) is 6.45. The second-order valence-corrected chi connectivity index (χ2v) is 7.48. The standard InChI is InChI=1S/C16H23N5O2S/c1-20(2)15-18-14(23)16(19-15)5-7-21(8-6-16)11-13(22)17-10-12-4-3-9-24-12/h3-4,9H,5-8,10-11H2,1-2H3,(H,17,22)(H,18,19,23). The monoisotopic (exact) mass is 349 g/mol. The van der Waals surface area contributed by atoms with Crippen molar-refractivity contribution < 1.29 is 9.59 Å². The SMILES string of the molecule is CN(C)C1=NC2(CCN(CC(=O)NCc3cccs3)CC2)C(=O)N1. The maximum Gasteiger partial charge on any atom is 0.254 e. The van der Waals surface area contributed by atoms with Crippen LogP contribution >= 0.6 is 11.3 Å². The van der Waals surface area contributed by atoms with Crippen LogP contribution < -0.4 is 10.6 Å². The molecule has 1 saturated heterocycles. The first-order valence-corrected chi connectivity index (χ1v) is 8.96. The van der Waals surface area contributed by atoms with Crippen molar-refractivity contribution in [3.8, 4) is 0 Å². The summed E-state index contributed by atoms with van der Waals surface area (Å²) in [6.07, 6.45) is 1.29. The molecule has 3 rings (SSSR count). The normalized spacial score (nSPS) is 19.9. The zero-order chi connectivity index (χ0) is 17.2. The predicted molar refractivity (Wildman–Crippen MR) is 93.8 cm³/mol. The van der Waals surface area contributed by atoms with Gasteiger partial charge in [-0.3, -0.25) is 19.8 Å². The molecule has 0 saturated carbocycles. The number of likely N-dealkylation sites (tertiary alicyclic amines) is 1. The van der Waals surface area contributed by atoms with Crippen LogP contribution in [0.2, 0.25) is 0 Å². The van der Waals surface area contributed by atoms with Crippen LogP contribution in [0.25, 0.3) is 0 Å². The highest BCUT2D eigenvalue weighted by Gasteiger charge is 2.46. The number of carbonyl (C=O) groups excluding carboxylic acids is 2. The van der Waals surface area contributed by atoms with Crippen LogP contribution in [0.15, 0.2) is 22.5 Å². The molecule has 7 nitrogen and oxygen atoms in total. The molecule has 8 heteroatoms. The minimum atomic E-state index is -0.649. The van der Waals surface area contributed by atoms with Gasteiger partial charge in [0.25, 0.3) is 5.91 Å². The van der Waals surface area contributed by atoms with Crippen LogP contribution in [0.5, 0.6) is 0 Å². The second kappa shape index (κ2) is 6.90. The molecule has 2 aliphatic rings. The maximum absolute atomic E-state index is 12.3. The van der Waals surface area contributed by atoms with Crippen molar-refractivity contribution in [2.24, 2.45) is 4.99 Å². The molecule has 130 valence electrons. The number of rotatable bonds is 4. The number of nitrogens with one attached hydrogen (secondary N) is 2. The average molecular weight is 349 g/mol. The van der Waals surface area contributed by atoms with E-state index in [4.69, 9.17) is 0 Å². The van der Waals surface area contributed by atoms with E-state index < -0.39 is 5.54 Å². The van der Waals surface area contributed by atoms with Crippen molar-refractivity contribution in [2.75, 3.05) is 33.7 Å². The third-order valence-electron chi connectivity index (χ3n) is 4.48. The summed E-state index contributed by atoms with van der Waals surface area (Å²) in [6.45, 7) is 2.34. The van der Waals surface area contributed by atoms with Crippen LogP contribution in [-0.2, 0) is 16.1 Å². The zero-order valence-electron chi connectivity index (χ0n) is 14.0. The number of nitrogens with zero attached hydrogens (tertiary/aromatic N) is 3. The van der Waals surface area contributed by atoms with Crippen molar-refractivity contribution in [1.29, 1.82) is 0 Å². The molecular formula is C16H23N5O2S. The fourth-order valence-corrected chi connectivity index (χ4v) is 3.63. The quantitative estimate of drug-likeness (QED) is 0.817. The number of carbonyl (C=O) groups is 2. The molecule has 1 aromatic heterocycles. The molecule has 1 spiro atoms. The molecule has 1 fully saturated rings. The van der Waals surface area contributed by atoms with E-state index in [1.54, 1.807) is 11.3 Å². The van der Waals surface area contributed by atoms with Gasteiger partial charge in [-0.15, -0.1) is 11.3 Å². The number of thiophene rings is 1. The van der Waals surface area contributed by atoms with Gasteiger partial charge in [0, 0.05) is 32.1 Å². The number of piperidine rings is 1. The summed E-state index contributed by atoms with van der Waals surface area (Å²) in [5.74, 6) is 0.628. The molecule has 2 N–H and O–H groups in total. The Labute approximate surface area is 145 Å². The Morgan fingerprint density at radius 3 is 2.79 bits per heavy atom. The van der Waals surface area contributed by atoms with Crippen LogP contribution in [0.1, 0.15) is 17.7 Å². The van der Waals surface area contributed by atoms with Crippen LogP contribution in [0.3, 0.4) is 0 Å². The number of hydrogen-bond donors (Lipinski definition) is 2. The van der Waals surface area contributed by atoms with E-state index in [9.17, 15) is 9.59 Å². The first-order chi connectivity index (χ1) is 11.5. The van der Waals surface area contributed by atoms with Gasteiger partial charge in [0.1, 0.15) is 5.54 Å². The summed E-state index contributed by atoms with van der Waals surface area (Å²) in [6, 6.07) is 3.99. The lowest BCUT2D eigenvalue weighted by Crippen LogP contribution is -2.51. The summed E-state index contributed by atoms with van der Waals surface area (Å²) in [4.78, 5) is 34.0. The number of aliphatic imine (C=N–C) groups is 1. The van der Waals surface area contributed by atoms with E-state index in [0.717, 1.165) is 4.88 Å². The minimum Gasteiger partial charge on any atom is -0.350 e. The first-order valence-electron chi connectivity index (χ1n) is 8.09. The molecule has 0 aliphatic carbocycles. The van der Waals surface area contributed by atoms with Gasteiger partial charge in [0.05, 0.1) is 13.1 Å². The number of hydrogen-bond acceptors (Lipinski definition) is 6. The molecule has 0 unspecified atom stereocenters. The van der Waals surface area contributed by atoms with E-state index in [1.807, 2.05) is 36.5 Å². The lowest BCUT2D eigenvalue weighted by molar-refractivity contribution is -0.126. The summed E-state index contributed by atoms with van der Waals surface area (Å²) in [5, 5.41) is 7.79. The third kappa shape index (κ3) is 3.59. The number of guanidine groups is 1. The van der Waals surface area contributed by atoms with E-state index in [1.165, 1.54) is 0 Å². The molecule has 24 heavy (non-hydrogen) atoms. The summed E-state index contributed by atoms with van der Waals surface area (Å²) in [5.41, 5.74) is -0.649. The Kier molecular flexibility index (Phi) is 4.86. The fraction of sp³-hybridized carbons (Fsp3) is 0.562. The van der Waals surface area contributed by atoms with Gasteiger partial charge in [0.15, 0.2) is 0 Å². The first kappa shape index (κ1) is 16.9. The molecule has 2 amide bonds.